The number of carboxylic acid groups (broad SMARTS) is 1. The van der Waals surface area contributed by atoms with Gasteiger partial charge in [0.25, 0.3) is 0 Å². The third kappa shape index (κ3) is 0.891. The van der Waals surface area contributed by atoms with Crippen molar-refractivity contribution in [1.82, 2.24) is 5.32 Å². The Hall–Kier alpha value is -0.570. The van der Waals surface area contributed by atoms with Crippen LogP contribution in [0.15, 0.2) is 0 Å². The monoisotopic (exact) mass is 169 g/mol. The molecule has 68 valence electrons. The summed E-state index contributed by atoms with van der Waals surface area (Å²) in [7, 11) is 0. The lowest BCUT2D eigenvalue weighted by molar-refractivity contribution is -0.142. The molecular weight excluding hydrogens is 154 g/mol. The van der Waals surface area contributed by atoms with Crippen molar-refractivity contribution in [3.05, 3.63) is 0 Å². The van der Waals surface area contributed by atoms with Crippen molar-refractivity contribution in [2.75, 3.05) is 0 Å². The summed E-state index contributed by atoms with van der Waals surface area (Å²) in [5, 5.41) is 12.2. The Bertz CT molecular complexity index is 241. The van der Waals surface area contributed by atoms with Crippen LogP contribution >= 0.6 is 0 Å². The minimum Gasteiger partial charge on any atom is -0.480 e. The molecule has 0 radical (unpaired) electrons. The number of aliphatic carboxylic acids is 1. The van der Waals surface area contributed by atoms with E-state index in [4.69, 9.17) is 5.11 Å². The number of fused-ring (bicyclic) bond motifs is 2. The topological polar surface area (TPSA) is 49.3 Å². The van der Waals surface area contributed by atoms with Gasteiger partial charge < -0.3 is 5.11 Å². The number of hydrogen-bond donors (Lipinski definition) is 2. The van der Waals surface area contributed by atoms with Gasteiger partial charge in [0.05, 0.1) is 0 Å². The Labute approximate surface area is 72.2 Å². The highest BCUT2D eigenvalue weighted by Gasteiger charge is 2.57. The first-order valence-electron chi connectivity index (χ1n) is 4.46. The highest BCUT2D eigenvalue weighted by atomic mass is 16.4. The summed E-state index contributed by atoms with van der Waals surface area (Å²) >= 11 is 0. The van der Waals surface area contributed by atoms with Gasteiger partial charge in [-0.25, -0.2) is 0 Å². The van der Waals surface area contributed by atoms with Crippen LogP contribution in [0.2, 0.25) is 0 Å². The Kier molecular flexibility index (Phi) is 1.35. The molecule has 12 heavy (non-hydrogen) atoms. The summed E-state index contributed by atoms with van der Waals surface area (Å²) in [6, 6.07) is -0.323. The molecule has 3 heteroatoms. The lowest BCUT2D eigenvalue weighted by Gasteiger charge is -2.30. The molecule has 2 aliphatic rings. The van der Waals surface area contributed by atoms with E-state index in [1.807, 2.05) is 0 Å². The first-order valence-corrected chi connectivity index (χ1v) is 4.46. The van der Waals surface area contributed by atoms with Crippen LogP contribution in [0.25, 0.3) is 0 Å². The van der Waals surface area contributed by atoms with Crippen LogP contribution in [0, 0.1) is 5.41 Å². The predicted octanol–water partition coefficient (Wildman–Crippen LogP) is 0.992. The summed E-state index contributed by atoms with van der Waals surface area (Å²) in [5.74, 6) is -0.694. The van der Waals surface area contributed by atoms with Crippen LogP contribution in [-0.2, 0) is 4.79 Å². The van der Waals surface area contributed by atoms with Gasteiger partial charge in [-0.1, -0.05) is 6.92 Å². The van der Waals surface area contributed by atoms with Crippen molar-refractivity contribution in [2.24, 2.45) is 5.41 Å². The molecule has 2 fully saturated rings. The van der Waals surface area contributed by atoms with E-state index in [1.54, 1.807) is 0 Å². The summed E-state index contributed by atoms with van der Waals surface area (Å²) in [5.41, 5.74) is 0.0956. The van der Waals surface area contributed by atoms with Gasteiger partial charge in [0.1, 0.15) is 6.04 Å². The van der Waals surface area contributed by atoms with Crippen molar-refractivity contribution in [1.29, 1.82) is 0 Å². The minimum absolute atomic E-state index is 0.000579. The van der Waals surface area contributed by atoms with Gasteiger partial charge in [-0.2, -0.15) is 0 Å². The summed E-state index contributed by atoms with van der Waals surface area (Å²) < 4.78 is 0. The average Bonchev–Trinajstić information content (AvgIpc) is 2.36. The smallest absolute Gasteiger partial charge is 0.321 e. The van der Waals surface area contributed by atoms with Crippen LogP contribution in [0.5, 0.6) is 0 Å². The van der Waals surface area contributed by atoms with Gasteiger partial charge in [0, 0.05) is 5.54 Å². The van der Waals surface area contributed by atoms with Crippen LogP contribution in [0.4, 0.5) is 0 Å². The lowest BCUT2D eigenvalue weighted by Crippen LogP contribution is -2.50. The zero-order chi connectivity index (χ0) is 8.98. The fourth-order valence-electron chi connectivity index (χ4n) is 2.88. The fourth-order valence-corrected chi connectivity index (χ4v) is 2.88. The van der Waals surface area contributed by atoms with Crippen molar-refractivity contribution in [3.8, 4) is 0 Å². The fraction of sp³-hybridized carbons (Fsp3) is 0.889. The Morgan fingerprint density at radius 3 is 2.42 bits per heavy atom. The highest BCUT2D eigenvalue weighted by Crippen LogP contribution is 2.52. The number of nitrogens with one attached hydrogen (secondary N) is 1. The number of carboxylic acids is 1. The average molecular weight is 169 g/mol. The largest absolute Gasteiger partial charge is 0.480 e. The van der Waals surface area contributed by atoms with E-state index in [9.17, 15) is 4.79 Å². The first kappa shape index (κ1) is 8.05. The second kappa shape index (κ2) is 2.02. The van der Waals surface area contributed by atoms with Gasteiger partial charge in [-0.05, 0) is 31.6 Å². The highest BCUT2D eigenvalue weighted by molar-refractivity contribution is 5.75. The molecule has 0 spiro atoms. The van der Waals surface area contributed by atoms with Crippen molar-refractivity contribution >= 4 is 5.97 Å². The SMILES string of the molecule is CC12CCC(C)(C1)C(C(=O)O)N2. The maximum absolute atomic E-state index is 10.9. The van der Waals surface area contributed by atoms with Crippen LogP contribution in [-0.4, -0.2) is 22.7 Å². The minimum atomic E-state index is -0.694. The molecule has 0 aromatic heterocycles. The molecule has 2 bridgehead atoms. The molecule has 0 amide bonds. The van der Waals surface area contributed by atoms with E-state index in [1.165, 1.54) is 0 Å². The number of rotatable bonds is 1. The summed E-state index contributed by atoms with van der Waals surface area (Å²) in [6.45, 7) is 4.21. The maximum Gasteiger partial charge on any atom is 0.321 e. The van der Waals surface area contributed by atoms with Crippen molar-refractivity contribution in [3.63, 3.8) is 0 Å². The van der Waals surface area contributed by atoms with Gasteiger partial charge in [0.2, 0.25) is 0 Å². The molecule has 3 nitrogen and oxygen atoms in total. The van der Waals surface area contributed by atoms with Gasteiger partial charge >= 0.3 is 5.97 Å². The third-order valence-corrected chi connectivity index (χ3v) is 3.48. The van der Waals surface area contributed by atoms with E-state index in [0.29, 0.717) is 0 Å². The molecule has 1 aliphatic carbocycles. The molecular formula is C9H15NO2. The Morgan fingerprint density at radius 2 is 2.17 bits per heavy atom. The normalized spacial score (nSPS) is 51.3. The van der Waals surface area contributed by atoms with E-state index in [-0.39, 0.29) is 17.0 Å². The molecule has 1 saturated heterocycles. The summed E-state index contributed by atoms with van der Waals surface area (Å²) in [4.78, 5) is 10.9. The van der Waals surface area contributed by atoms with E-state index in [0.717, 1.165) is 19.3 Å². The van der Waals surface area contributed by atoms with E-state index in [2.05, 4.69) is 19.2 Å². The molecule has 3 atom stereocenters. The van der Waals surface area contributed by atoms with Crippen molar-refractivity contribution < 1.29 is 9.90 Å². The molecule has 2 rings (SSSR count). The first-order chi connectivity index (χ1) is 5.45. The Morgan fingerprint density at radius 1 is 1.50 bits per heavy atom. The van der Waals surface area contributed by atoms with Crippen LogP contribution in [0.3, 0.4) is 0 Å². The van der Waals surface area contributed by atoms with E-state index < -0.39 is 5.97 Å². The molecule has 0 aromatic carbocycles. The standard InChI is InChI=1S/C9H15NO2/c1-8-3-4-9(2,5-8)10-6(8)7(11)12/h6,10H,3-5H2,1-2H3,(H,11,12). The summed E-state index contributed by atoms with van der Waals surface area (Å²) in [6.07, 6.45) is 3.18. The number of carbonyl (C=O) groups is 1. The molecule has 1 saturated carbocycles. The second-order valence-electron chi connectivity index (χ2n) is 4.81. The zero-order valence-electron chi connectivity index (χ0n) is 7.55. The molecule has 1 aliphatic heterocycles. The second-order valence-corrected chi connectivity index (χ2v) is 4.81. The third-order valence-electron chi connectivity index (χ3n) is 3.48. The molecule has 2 N–H and O–H groups in total. The quantitative estimate of drug-likeness (QED) is 0.615. The molecule has 3 unspecified atom stereocenters. The molecule has 1 heterocycles. The van der Waals surface area contributed by atoms with E-state index >= 15 is 0 Å². The van der Waals surface area contributed by atoms with Gasteiger partial charge in [-0.3, -0.25) is 10.1 Å². The predicted molar refractivity (Wildman–Crippen MR) is 44.9 cm³/mol. The van der Waals surface area contributed by atoms with Crippen LogP contribution < -0.4 is 5.32 Å². The number of hydrogen-bond acceptors (Lipinski definition) is 2. The maximum atomic E-state index is 10.9. The number of piperidine rings is 1. The molecule has 0 aromatic rings. The Balaban J connectivity index is 2.28. The lowest BCUT2D eigenvalue weighted by atomic mass is 9.82. The van der Waals surface area contributed by atoms with Gasteiger partial charge in [0.15, 0.2) is 0 Å². The van der Waals surface area contributed by atoms with Crippen LogP contribution in [0.1, 0.15) is 33.1 Å². The van der Waals surface area contributed by atoms with Gasteiger partial charge in [-0.15, -0.1) is 0 Å². The van der Waals surface area contributed by atoms with Crippen molar-refractivity contribution in [2.45, 2.75) is 44.7 Å². The zero-order valence-corrected chi connectivity index (χ0v) is 7.55.